The van der Waals surface area contributed by atoms with Gasteiger partial charge in [0.25, 0.3) is 0 Å². The van der Waals surface area contributed by atoms with Crippen molar-refractivity contribution < 1.29 is 28.8 Å². The molecule has 0 aromatic heterocycles. The van der Waals surface area contributed by atoms with E-state index in [1.165, 1.54) is 14.2 Å². The van der Waals surface area contributed by atoms with E-state index in [2.05, 4.69) is 0 Å². The molecule has 174 valence electrons. The quantitative estimate of drug-likeness (QED) is 0.573. The van der Waals surface area contributed by atoms with Crippen LogP contribution in [0, 0.1) is 0 Å². The lowest BCUT2D eigenvalue weighted by Gasteiger charge is -2.39. The summed E-state index contributed by atoms with van der Waals surface area (Å²) in [6, 6.07) is 18.9. The van der Waals surface area contributed by atoms with Gasteiger partial charge in [0.1, 0.15) is 5.56 Å². The van der Waals surface area contributed by atoms with E-state index in [1.807, 2.05) is 53.5 Å². The summed E-state index contributed by atoms with van der Waals surface area (Å²) in [6.45, 7) is 0. The number of aromatic carboxylic acids is 1. The molecule has 2 aliphatic rings. The molecule has 0 amide bonds. The second kappa shape index (κ2) is 8.62. The summed E-state index contributed by atoms with van der Waals surface area (Å²) in [5.74, 6) is 0.455. The van der Waals surface area contributed by atoms with E-state index in [1.54, 1.807) is 19.2 Å². The van der Waals surface area contributed by atoms with Gasteiger partial charge in [-0.3, -0.25) is 0 Å². The Morgan fingerprint density at radius 1 is 0.941 bits per heavy atom. The summed E-state index contributed by atoms with van der Waals surface area (Å²) in [6.07, 6.45) is -0.180. The zero-order valence-electron chi connectivity index (χ0n) is 19.0. The zero-order valence-corrected chi connectivity index (χ0v) is 19.0. The maximum Gasteiger partial charge on any atom is 0.340 e. The van der Waals surface area contributed by atoms with Crippen molar-refractivity contribution in [3.05, 3.63) is 82.9 Å². The van der Waals surface area contributed by atoms with E-state index < -0.39 is 12.2 Å². The lowest BCUT2D eigenvalue weighted by molar-refractivity contribution is -0.0217. The average molecular weight is 460 g/mol. The standard InChI is InChI=1S/C26H24N2O6/c1-31-20-11-7-10-16-19-14-18(15-8-5-4-6-9-15)27-28(19)25(34-23(16)20)17-12-13-21(32-2)24(33-3)22(17)26(29)30/h4-13,19,25H,14H2,1-3H3,(H,29,30)/t19-,25-/m0/s1. The first-order valence-corrected chi connectivity index (χ1v) is 10.8. The maximum absolute atomic E-state index is 12.4. The summed E-state index contributed by atoms with van der Waals surface area (Å²) in [5.41, 5.74) is 3.21. The minimum absolute atomic E-state index is 0.0349. The molecule has 0 unspecified atom stereocenters. The van der Waals surface area contributed by atoms with Crippen LogP contribution < -0.4 is 18.9 Å². The van der Waals surface area contributed by atoms with Crippen LogP contribution in [0.4, 0.5) is 0 Å². The van der Waals surface area contributed by atoms with Gasteiger partial charge in [-0.05, 0) is 23.8 Å². The van der Waals surface area contributed by atoms with Gasteiger partial charge in [-0.2, -0.15) is 5.10 Å². The van der Waals surface area contributed by atoms with E-state index in [9.17, 15) is 9.90 Å². The summed E-state index contributed by atoms with van der Waals surface area (Å²) < 4.78 is 22.8. The number of hydrogen-bond donors (Lipinski definition) is 1. The number of methoxy groups -OCH3 is 3. The van der Waals surface area contributed by atoms with Gasteiger partial charge in [-0.1, -0.05) is 42.5 Å². The fourth-order valence-electron chi connectivity index (χ4n) is 4.62. The molecule has 3 aromatic rings. The number of benzene rings is 3. The van der Waals surface area contributed by atoms with E-state index in [-0.39, 0.29) is 17.4 Å². The van der Waals surface area contributed by atoms with Gasteiger partial charge in [0, 0.05) is 17.5 Å². The molecule has 0 bridgehead atoms. The SMILES string of the molecule is COc1cccc2c1O[C@@H](c1ccc(OC)c(OC)c1C(=O)O)N1N=C(c3ccccc3)C[C@@H]21. The van der Waals surface area contributed by atoms with Gasteiger partial charge in [-0.25, -0.2) is 9.80 Å². The minimum Gasteiger partial charge on any atom is -0.493 e. The molecule has 1 N–H and O–H groups in total. The first-order valence-electron chi connectivity index (χ1n) is 10.8. The first kappa shape index (κ1) is 21.6. The number of carboxylic acid groups (broad SMARTS) is 1. The number of ether oxygens (including phenoxy) is 4. The van der Waals surface area contributed by atoms with Crippen LogP contribution in [0.1, 0.15) is 45.7 Å². The third-order valence-electron chi connectivity index (χ3n) is 6.16. The molecule has 0 radical (unpaired) electrons. The molecule has 0 aliphatic carbocycles. The smallest absolute Gasteiger partial charge is 0.340 e. The van der Waals surface area contributed by atoms with Crippen LogP contribution in [0.5, 0.6) is 23.0 Å². The molecule has 3 aromatic carbocycles. The van der Waals surface area contributed by atoms with Crippen molar-refractivity contribution >= 4 is 11.7 Å². The number of carboxylic acids is 1. The molecule has 0 spiro atoms. The van der Waals surface area contributed by atoms with Crippen LogP contribution in [-0.2, 0) is 0 Å². The highest BCUT2D eigenvalue weighted by Crippen LogP contribution is 2.52. The Labute approximate surface area is 196 Å². The van der Waals surface area contributed by atoms with Crippen molar-refractivity contribution in [1.82, 2.24) is 5.01 Å². The number of hydrogen-bond acceptors (Lipinski definition) is 7. The molecule has 8 nitrogen and oxygen atoms in total. The van der Waals surface area contributed by atoms with Gasteiger partial charge in [0.2, 0.25) is 6.23 Å². The van der Waals surface area contributed by atoms with Crippen molar-refractivity contribution in [3.8, 4) is 23.0 Å². The fraction of sp³-hybridized carbons (Fsp3) is 0.231. The van der Waals surface area contributed by atoms with E-state index >= 15 is 0 Å². The van der Waals surface area contributed by atoms with Crippen molar-refractivity contribution in [2.24, 2.45) is 5.10 Å². The van der Waals surface area contributed by atoms with Gasteiger partial charge in [0.15, 0.2) is 23.0 Å². The number of carbonyl (C=O) groups is 1. The molecule has 34 heavy (non-hydrogen) atoms. The highest BCUT2D eigenvalue weighted by Gasteiger charge is 2.44. The van der Waals surface area contributed by atoms with Crippen LogP contribution in [0.25, 0.3) is 0 Å². The first-order chi connectivity index (χ1) is 16.6. The largest absolute Gasteiger partial charge is 0.493 e. The predicted octanol–water partition coefficient (Wildman–Crippen LogP) is 4.65. The number of nitrogens with zero attached hydrogens (tertiary/aromatic N) is 2. The van der Waals surface area contributed by atoms with E-state index in [0.29, 0.717) is 29.2 Å². The van der Waals surface area contributed by atoms with Gasteiger partial charge in [0.05, 0.1) is 33.1 Å². The topological polar surface area (TPSA) is 89.8 Å². The fourth-order valence-corrected chi connectivity index (χ4v) is 4.62. The van der Waals surface area contributed by atoms with Crippen LogP contribution in [0.15, 0.2) is 65.8 Å². The van der Waals surface area contributed by atoms with Crippen molar-refractivity contribution in [3.63, 3.8) is 0 Å². The van der Waals surface area contributed by atoms with Crippen LogP contribution in [0.2, 0.25) is 0 Å². The Morgan fingerprint density at radius 3 is 2.38 bits per heavy atom. The molecule has 0 fully saturated rings. The third kappa shape index (κ3) is 3.39. The number of para-hydroxylation sites is 1. The van der Waals surface area contributed by atoms with Crippen LogP contribution in [0.3, 0.4) is 0 Å². The highest BCUT2D eigenvalue weighted by atomic mass is 16.5. The van der Waals surface area contributed by atoms with Gasteiger partial charge < -0.3 is 24.1 Å². The lowest BCUT2D eigenvalue weighted by Crippen LogP contribution is -2.35. The summed E-state index contributed by atoms with van der Waals surface area (Å²) in [4.78, 5) is 12.4. The summed E-state index contributed by atoms with van der Waals surface area (Å²) in [5, 5.41) is 16.9. The monoisotopic (exact) mass is 460 g/mol. The molecule has 0 saturated heterocycles. The molecule has 2 heterocycles. The second-order valence-electron chi connectivity index (χ2n) is 7.93. The van der Waals surface area contributed by atoms with Crippen molar-refractivity contribution in [1.29, 1.82) is 0 Å². The molecule has 8 heteroatoms. The van der Waals surface area contributed by atoms with E-state index in [4.69, 9.17) is 24.0 Å². The minimum atomic E-state index is -1.15. The Bertz CT molecular complexity index is 1270. The van der Waals surface area contributed by atoms with Crippen molar-refractivity contribution in [2.45, 2.75) is 18.7 Å². The normalized spacial score (nSPS) is 18.3. The van der Waals surface area contributed by atoms with Gasteiger partial charge in [-0.15, -0.1) is 0 Å². The molecule has 2 aliphatic heterocycles. The van der Waals surface area contributed by atoms with Crippen LogP contribution in [-0.4, -0.2) is 43.1 Å². The molecule has 5 rings (SSSR count). The summed E-state index contributed by atoms with van der Waals surface area (Å²) >= 11 is 0. The number of rotatable bonds is 6. The predicted molar refractivity (Wildman–Crippen MR) is 125 cm³/mol. The summed E-state index contributed by atoms with van der Waals surface area (Å²) in [7, 11) is 4.47. The molecular weight excluding hydrogens is 436 g/mol. The number of fused-ring (bicyclic) bond motifs is 3. The molecule has 0 saturated carbocycles. The zero-order chi connectivity index (χ0) is 23.8. The van der Waals surface area contributed by atoms with Crippen molar-refractivity contribution in [2.75, 3.05) is 21.3 Å². The third-order valence-corrected chi connectivity index (χ3v) is 6.16. The van der Waals surface area contributed by atoms with Crippen LogP contribution >= 0.6 is 0 Å². The Balaban J connectivity index is 1.71. The Morgan fingerprint density at radius 2 is 1.71 bits per heavy atom. The maximum atomic E-state index is 12.4. The molecular formula is C26H24N2O6. The Hall–Kier alpha value is -4.20. The average Bonchev–Trinajstić information content (AvgIpc) is 3.33. The van der Waals surface area contributed by atoms with E-state index in [0.717, 1.165) is 16.8 Å². The Kier molecular flexibility index (Phi) is 5.49. The second-order valence-corrected chi connectivity index (χ2v) is 7.93. The number of hydrazone groups is 1. The molecule has 2 atom stereocenters. The lowest BCUT2D eigenvalue weighted by atomic mass is 9.94. The van der Waals surface area contributed by atoms with Gasteiger partial charge >= 0.3 is 5.97 Å². The highest BCUT2D eigenvalue weighted by molar-refractivity contribution is 6.02.